The van der Waals surface area contributed by atoms with Crippen molar-refractivity contribution in [3.63, 3.8) is 0 Å². The van der Waals surface area contributed by atoms with Crippen molar-refractivity contribution in [2.45, 2.75) is 13.0 Å². The molecule has 0 aromatic heterocycles. The van der Waals surface area contributed by atoms with E-state index in [9.17, 15) is 0 Å². The highest BCUT2D eigenvalue weighted by molar-refractivity contribution is 7.98. The summed E-state index contributed by atoms with van der Waals surface area (Å²) in [7, 11) is 1.97. The molecule has 0 radical (unpaired) electrons. The SMILES string of the molecule is CNC(C)c1ccc(OCCSC)cc1. The number of thioether (sulfide) groups is 1. The first-order chi connectivity index (χ1) is 7.27. The number of hydrogen-bond donors (Lipinski definition) is 1. The zero-order valence-corrected chi connectivity index (χ0v) is 10.4. The van der Waals surface area contributed by atoms with Gasteiger partial charge in [-0.05, 0) is 37.9 Å². The summed E-state index contributed by atoms with van der Waals surface area (Å²) < 4.78 is 5.57. The predicted octanol–water partition coefficient (Wildman–Crippen LogP) is 2.71. The Bertz CT molecular complexity index is 273. The van der Waals surface area contributed by atoms with Crippen LogP contribution in [0.5, 0.6) is 5.75 Å². The first-order valence-electron chi connectivity index (χ1n) is 5.17. The molecule has 0 aliphatic rings. The lowest BCUT2D eigenvalue weighted by Gasteiger charge is -2.11. The van der Waals surface area contributed by atoms with Crippen molar-refractivity contribution in [2.75, 3.05) is 25.7 Å². The Balaban J connectivity index is 2.49. The summed E-state index contributed by atoms with van der Waals surface area (Å²) >= 11 is 1.80. The predicted molar refractivity (Wildman–Crippen MR) is 67.8 cm³/mol. The van der Waals surface area contributed by atoms with Crippen LogP contribution in [0.4, 0.5) is 0 Å². The summed E-state index contributed by atoms with van der Waals surface area (Å²) in [5.41, 5.74) is 1.29. The average Bonchev–Trinajstić information content (AvgIpc) is 2.29. The maximum atomic E-state index is 5.57. The van der Waals surface area contributed by atoms with Crippen LogP contribution < -0.4 is 10.1 Å². The molecule has 84 valence electrons. The van der Waals surface area contributed by atoms with Crippen molar-refractivity contribution in [1.82, 2.24) is 5.32 Å². The van der Waals surface area contributed by atoms with Crippen molar-refractivity contribution in [3.8, 4) is 5.75 Å². The third-order valence-electron chi connectivity index (χ3n) is 2.37. The highest BCUT2D eigenvalue weighted by Gasteiger charge is 2.01. The van der Waals surface area contributed by atoms with Crippen LogP contribution in [0.3, 0.4) is 0 Å². The second-order valence-corrected chi connectivity index (χ2v) is 4.41. The minimum atomic E-state index is 0.394. The van der Waals surface area contributed by atoms with Crippen LogP contribution in [0.25, 0.3) is 0 Å². The van der Waals surface area contributed by atoms with Gasteiger partial charge in [-0.1, -0.05) is 12.1 Å². The van der Waals surface area contributed by atoms with Crippen molar-refractivity contribution in [3.05, 3.63) is 29.8 Å². The van der Waals surface area contributed by atoms with E-state index in [1.54, 1.807) is 11.8 Å². The van der Waals surface area contributed by atoms with E-state index >= 15 is 0 Å². The molecule has 0 heterocycles. The molecule has 0 fully saturated rings. The molecule has 0 saturated heterocycles. The van der Waals surface area contributed by atoms with E-state index in [1.165, 1.54) is 5.56 Å². The quantitative estimate of drug-likeness (QED) is 0.752. The second-order valence-electron chi connectivity index (χ2n) is 3.42. The Morgan fingerprint density at radius 1 is 1.33 bits per heavy atom. The summed E-state index contributed by atoms with van der Waals surface area (Å²) in [5, 5.41) is 3.21. The first kappa shape index (κ1) is 12.4. The molecule has 1 N–H and O–H groups in total. The van der Waals surface area contributed by atoms with Gasteiger partial charge in [-0.2, -0.15) is 11.8 Å². The van der Waals surface area contributed by atoms with Crippen molar-refractivity contribution in [2.24, 2.45) is 0 Å². The number of hydrogen-bond acceptors (Lipinski definition) is 3. The van der Waals surface area contributed by atoms with Gasteiger partial charge in [0, 0.05) is 11.8 Å². The van der Waals surface area contributed by atoms with Gasteiger partial charge in [0.05, 0.1) is 6.61 Å². The summed E-state index contributed by atoms with van der Waals surface area (Å²) in [6.07, 6.45) is 2.08. The van der Waals surface area contributed by atoms with Crippen LogP contribution in [0.15, 0.2) is 24.3 Å². The lowest BCUT2D eigenvalue weighted by atomic mass is 10.1. The standard InChI is InChI=1S/C12H19NOS/c1-10(13-2)11-4-6-12(7-5-11)14-8-9-15-3/h4-7,10,13H,8-9H2,1-3H3. The fourth-order valence-electron chi connectivity index (χ4n) is 1.26. The number of rotatable bonds is 6. The van der Waals surface area contributed by atoms with Gasteiger partial charge >= 0.3 is 0 Å². The molecular formula is C12H19NOS. The Hall–Kier alpha value is -0.670. The third-order valence-corrected chi connectivity index (χ3v) is 2.94. The summed E-state index contributed by atoms with van der Waals surface area (Å²) in [4.78, 5) is 0. The van der Waals surface area contributed by atoms with Crippen LogP contribution in [0.2, 0.25) is 0 Å². The van der Waals surface area contributed by atoms with E-state index in [4.69, 9.17) is 4.74 Å². The van der Waals surface area contributed by atoms with E-state index in [-0.39, 0.29) is 0 Å². The highest BCUT2D eigenvalue weighted by Crippen LogP contribution is 2.17. The molecule has 1 atom stereocenters. The summed E-state index contributed by atoms with van der Waals surface area (Å²) in [5.74, 6) is 1.99. The number of nitrogens with one attached hydrogen (secondary N) is 1. The molecule has 0 spiro atoms. The maximum absolute atomic E-state index is 5.57. The zero-order chi connectivity index (χ0) is 11.1. The Labute approximate surface area is 96.4 Å². The molecule has 0 bridgehead atoms. The van der Waals surface area contributed by atoms with Gasteiger partial charge in [-0.3, -0.25) is 0 Å². The van der Waals surface area contributed by atoms with Gasteiger partial charge in [0.1, 0.15) is 5.75 Å². The number of ether oxygens (including phenoxy) is 1. The molecule has 1 rings (SSSR count). The largest absolute Gasteiger partial charge is 0.493 e. The lowest BCUT2D eigenvalue weighted by molar-refractivity contribution is 0.344. The zero-order valence-electron chi connectivity index (χ0n) is 9.62. The topological polar surface area (TPSA) is 21.3 Å². The normalized spacial score (nSPS) is 12.5. The molecular weight excluding hydrogens is 206 g/mol. The third kappa shape index (κ3) is 4.14. The van der Waals surface area contributed by atoms with E-state index in [2.05, 4.69) is 30.6 Å². The molecule has 1 aromatic carbocycles. The summed E-state index contributed by atoms with van der Waals surface area (Å²) in [6.45, 7) is 2.92. The Morgan fingerprint density at radius 3 is 2.53 bits per heavy atom. The summed E-state index contributed by atoms with van der Waals surface area (Å²) in [6, 6.07) is 8.67. The van der Waals surface area contributed by atoms with Crippen LogP contribution in [0, 0.1) is 0 Å². The van der Waals surface area contributed by atoms with E-state index in [1.807, 2.05) is 19.2 Å². The molecule has 0 saturated carbocycles. The Kier molecular flexibility index (Phi) is 5.58. The van der Waals surface area contributed by atoms with Gasteiger partial charge in [-0.25, -0.2) is 0 Å². The molecule has 1 unspecified atom stereocenters. The van der Waals surface area contributed by atoms with E-state index in [0.717, 1.165) is 18.1 Å². The molecule has 2 nitrogen and oxygen atoms in total. The Morgan fingerprint density at radius 2 is 2.00 bits per heavy atom. The first-order valence-corrected chi connectivity index (χ1v) is 6.56. The highest BCUT2D eigenvalue weighted by atomic mass is 32.2. The monoisotopic (exact) mass is 225 g/mol. The average molecular weight is 225 g/mol. The molecule has 1 aromatic rings. The van der Waals surface area contributed by atoms with Gasteiger partial charge in [-0.15, -0.1) is 0 Å². The van der Waals surface area contributed by atoms with Crippen LogP contribution in [-0.4, -0.2) is 25.7 Å². The molecule has 15 heavy (non-hydrogen) atoms. The van der Waals surface area contributed by atoms with Gasteiger partial charge in [0.15, 0.2) is 0 Å². The van der Waals surface area contributed by atoms with Crippen molar-refractivity contribution >= 4 is 11.8 Å². The van der Waals surface area contributed by atoms with Crippen LogP contribution in [0.1, 0.15) is 18.5 Å². The molecule has 3 heteroatoms. The van der Waals surface area contributed by atoms with Crippen LogP contribution >= 0.6 is 11.8 Å². The van der Waals surface area contributed by atoms with Gasteiger partial charge < -0.3 is 10.1 Å². The smallest absolute Gasteiger partial charge is 0.119 e. The second kappa shape index (κ2) is 6.75. The lowest BCUT2D eigenvalue weighted by Crippen LogP contribution is -2.12. The fourth-order valence-corrected chi connectivity index (χ4v) is 1.51. The van der Waals surface area contributed by atoms with Crippen LogP contribution in [-0.2, 0) is 0 Å². The molecule has 0 aliphatic carbocycles. The minimum absolute atomic E-state index is 0.394. The van der Waals surface area contributed by atoms with E-state index < -0.39 is 0 Å². The maximum Gasteiger partial charge on any atom is 0.119 e. The number of benzene rings is 1. The van der Waals surface area contributed by atoms with Crippen molar-refractivity contribution in [1.29, 1.82) is 0 Å². The van der Waals surface area contributed by atoms with Gasteiger partial charge in [0.2, 0.25) is 0 Å². The van der Waals surface area contributed by atoms with E-state index in [0.29, 0.717) is 6.04 Å². The molecule has 0 amide bonds. The molecule has 0 aliphatic heterocycles. The van der Waals surface area contributed by atoms with Crippen molar-refractivity contribution < 1.29 is 4.74 Å². The van der Waals surface area contributed by atoms with Gasteiger partial charge in [0.25, 0.3) is 0 Å². The fraction of sp³-hybridized carbons (Fsp3) is 0.500. The minimum Gasteiger partial charge on any atom is -0.493 e.